The number of nitrogens with one attached hydrogen (secondary N) is 1. The molecule has 1 heterocycles. The standard InChI is InChI=1S/C13H20N2/c1-10-6-11(2)8-13(7-10)15-5-4-14-12(3)9-15/h6-8,12,14H,4-5,9H2,1-3H3/t12-/m1/s1. The Morgan fingerprint density at radius 3 is 2.47 bits per heavy atom. The van der Waals surface area contributed by atoms with Gasteiger partial charge in [0.15, 0.2) is 0 Å². The SMILES string of the molecule is Cc1cc(C)cc(N2CCN[C@H](C)C2)c1. The van der Waals surface area contributed by atoms with Crippen LogP contribution in [0, 0.1) is 13.8 Å². The van der Waals surface area contributed by atoms with Crippen molar-refractivity contribution in [2.75, 3.05) is 24.5 Å². The summed E-state index contributed by atoms with van der Waals surface area (Å²) < 4.78 is 0. The van der Waals surface area contributed by atoms with Crippen molar-refractivity contribution in [1.82, 2.24) is 5.32 Å². The molecule has 0 spiro atoms. The van der Waals surface area contributed by atoms with Crippen molar-refractivity contribution >= 4 is 5.69 Å². The number of benzene rings is 1. The Balaban J connectivity index is 2.20. The molecule has 1 atom stereocenters. The smallest absolute Gasteiger partial charge is 0.0372 e. The number of rotatable bonds is 1. The fourth-order valence-electron chi connectivity index (χ4n) is 2.30. The van der Waals surface area contributed by atoms with E-state index in [1.165, 1.54) is 16.8 Å². The van der Waals surface area contributed by atoms with E-state index in [-0.39, 0.29) is 0 Å². The first kappa shape index (κ1) is 10.5. The zero-order valence-electron chi connectivity index (χ0n) is 9.88. The monoisotopic (exact) mass is 204 g/mol. The summed E-state index contributed by atoms with van der Waals surface area (Å²) in [5, 5.41) is 3.47. The molecule has 0 aliphatic carbocycles. The molecule has 0 saturated carbocycles. The van der Waals surface area contributed by atoms with Crippen LogP contribution in [-0.2, 0) is 0 Å². The van der Waals surface area contributed by atoms with Crippen molar-refractivity contribution in [2.24, 2.45) is 0 Å². The van der Waals surface area contributed by atoms with Crippen LogP contribution < -0.4 is 10.2 Å². The molecule has 1 aliphatic heterocycles. The van der Waals surface area contributed by atoms with Crippen LogP contribution >= 0.6 is 0 Å². The minimum Gasteiger partial charge on any atom is -0.369 e. The summed E-state index contributed by atoms with van der Waals surface area (Å²) in [5.74, 6) is 0. The fraction of sp³-hybridized carbons (Fsp3) is 0.538. The van der Waals surface area contributed by atoms with Crippen LogP contribution in [0.25, 0.3) is 0 Å². The predicted molar refractivity (Wildman–Crippen MR) is 65.6 cm³/mol. The average molecular weight is 204 g/mol. The highest BCUT2D eigenvalue weighted by molar-refractivity contribution is 5.51. The zero-order valence-corrected chi connectivity index (χ0v) is 9.88. The number of hydrogen-bond acceptors (Lipinski definition) is 2. The van der Waals surface area contributed by atoms with Crippen LogP contribution in [-0.4, -0.2) is 25.7 Å². The molecule has 15 heavy (non-hydrogen) atoms. The van der Waals surface area contributed by atoms with E-state index in [9.17, 15) is 0 Å². The molecule has 1 aliphatic rings. The Bertz CT molecular complexity index is 326. The molecular weight excluding hydrogens is 184 g/mol. The van der Waals surface area contributed by atoms with E-state index in [0.29, 0.717) is 6.04 Å². The molecule has 2 nitrogen and oxygen atoms in total. The lowest BCUT2D eigenvalue weighted by atomic mass is 10.1. The lowest BCUT2D eigenvalue weighted by Crippen LogP contribution is -2.49. The number of aryl methyl sites for hydroxylation is 2. The number of nitrogens with zero attached hydrogens (tertiary/aromatic N) is 1. The second-order valence-corrected chi connectivity index (χ2v) is 4.65. The summed E-state index contributed by atoms with van der Waals surface area (Å²) in [5.41, 5.74) is 4.09. The molecule has 0 aromatic heterocycles. The van der Waals surface area contributed by atoms with Crippen molar-refractivity contribution in [3.8, 4) is 0 Å². The molecule has 1 saturated heterocycles. The Morgan fingerprint density at radius 2 is 1.87 bits per heavy atom. The highest BCUT2D eigenvalue weighted by Crippen LogP contribution is 2.19. The van der Waals surface area contributed by atoms with Gasteiger partial charge >= 0.3 is 0 Å². The second kappa shape index (κ2) is 4.23. The van der Waals surface area contributed by atoms with Gasteiger partial charge in [-0.25, -0.2) is 0 Å². The van der Waals surface area contributed by atoms with Crippen LogP contribution in [0.3, 0.4) is 0 Å². The maximum absolute atomic E-state index is 3.47. The fourth-order valence-corrected chi connectivity index (χ4v) is 2.30. The van der Waals surface area contributed by atoms with Gasteiger partial charge in [-0.15, -0.1) is 0 Å². The molecule has 0 amide bonds. The van der Waals surface area contributed by atoms with E-state index in [0.717, 1.165) is 19.6 Å². The third-order valence-electron chi connectivity index (χ3n) is 2.94. The van der Waals surface area contributed by atoms with Gasteiger partial charge in [-0.3, -0.25) is 0 Å². The first-order valence-corrected chi connectivity index (χ1v) is 5.72. The maximum Gasteiger partial charge on any atom is 0.0372 e. The summed E-state index contributed by atoms with van der Waals surface area (Å²) in [7, 11) is 0. The van der Waals surface area contributed by atoms with Crippen molar-refractivity contribution in [3.05, 3.63) is 29.3 Å². The van der Waals surface area contributed by atoms with Gasteiger partial charge < -0.3 is 10.2 Å². The Kier molecular flexibility index (Phi) is 2.96. The summed E-state index contributed by atoms with van der Waals surface area (Å²) in [6, 6.07) is 7.39. The van der Waals surface area contributed by atoms with Gasteiger partial charge in [0.1, 0.15) is 0 Å². The number of hydrogen-bond donors (Lipinski definition) is 1. The van der Waals surface area contributed by atoms with Crippen LogP contribution in [0.5, 0.6) is 0 Å². The summed E-state index contributed by atoms with van der Waals surface area (Å²) >= 11 is 0. The Morgan fingerprint density at radius 1 is 1.20 bits per heavy atom. The van der Waals surface area contributed by atoms with E-state index in [2.05, 4.69) is 49.2 Å². The van der Waals surface area contributed by atoms with Crippen LogP contribution in [0.1, 0.15) is 18.1 Å². The van der Waals surface area contributed by atoms with E-state index < -0.39 is 0 Å². The highest BCUT2D eigenvalue weighted by atomic mass is 15.2. The normalized spacial score (nSPS) is 21.8. The van der Waals surface area contributed by atoms with Crippen LogP contribution in [0.4, 0.5) is 5.69 Å². The first-order chi connectivity index (χ1) is 7.15. The van der Waals surface area contributed by atoms with Crippen LogP contribution in [0.2, 0.25) is 0 Å². The minimum absolute atomic E-state index is 0.597. The molecule has 0 bridgehead atoms. The molecule has 0 radical (unpaired) electrons. The van der Waals surface area contributed by atoms with Gasteiger partial charge in [0.2, 0.25) is 0 Å². The molecule has 1 N–H and O–H groups in total. The molecule has 2 heteroatoms. The lowest BCUT2D eigenvalue weighted by molar-refractivity contribution is 0.485. The van der Waals surface area contributed by atoms with E-state index in [1.807, 2.05) is 0 Å². The first-order valence-electron chi connectivity index (χ1n) is 5.72. The summed E-state index contributed by atoms with van der Waals surface area (Å²) in [6.45, 7) is 9.91. The molecule has 82 valence electrons. The third-order valence-corrected chi connectivity index (χ3v) is 2.94. The molecular formula is C13H20N2. The van der Waals surface area contributed by atoms with Crippen LogP contribution in [0.15, 0.2) is 18.2 Å². The van der Waals surface area contributed by atoms with Gasteiger partial charge in [0, 0.05) is 31.4 Å². The molecule has 1 aromatic rings. The number of anilines is 1. The zero-order chi connectivity index (χ0) is 10.8. The molecule has 1 aromatic carbocycles. The third kappa shape index (κ3) is 2.51. The summed E-state index contributed by atoms with van der Waals surface area (Å²) in [4.78, 5) is 2.47. The quantitative estimate of drug-likeness (QED) is 0.753. The number of piperazine rings is 1. The molecule has 2 rings (SSSR count). The largest absolute Gasteiger partial charge is 0.369 e. The minimum atomic E-state index is 0.597. The Hall–Kier alpha value is -1.02. The van der Waals surface area contributed by atoms with E-state index in [4.69, 9.17) is 0 Å². The summed E-state index contributed by atoms with van der Waals surface area (Å²) in [6.07, 6.45) is 0. The topological polar surface area (TPSA) is 15.3 Å². The van der Waals surface area contributed by atoms with Gasteiger partial charge in [0.25, 0.3) is 0 Å². The lowest BCUT2D eigenvalue weighted by Gasteiger charge is -2.34. The van der Waals surface area contributed by atoms with E-state index >= 15 is 0 Å². The Labute approximate surface area is 92.3 Å². The second-order valence-electron chi connectivity index (χ2n) is 4.65. The average Bonchev–Trinajstić information content (AvgIpc) is 2.16. The molecule has 1 fully saturated rings. The predicted octanol–water partition coefficient (Wildman–Crippen LogP) is 2.10. The van der Waals surface area contributed by atoms with E-state index in [1.54, 1.807) is 0 Å². The van der Waals surface area contributed by atoms with Gasteiger partial charge in [-0.05, 0) is 44.0 Å². The highest BCUT2D eigenvalue weighted by Gasteiger charge is 2.15. The van der Waals surface area contributed by atoms with Gasteiger partial charge in [-0.2, -0.15) is 0 Å². The van der Waals surface area contributed by atoms with Crippen molar-refractivity contribution in [3.63, 3.8) is 0 Å². The van der Waals surface area contributed by atoms with Crippen molar-refractivity contribution in [1.29, 1.82) is 0 Å². The van der Waals surface area contributed by atoms with Crippen molar-refractivity contribution in [2.45, 2.75) is 26.8 Å². The maximum atomic E-state index is 3.47. The van der Waals surface area contributed by atoms with Crippen molar-refractivity contribution < 1.29 is 0 Å². The molecule has 0 unspecified atom stereocenters. The van der Waals surface area contributed by atoms with Gasteiger partial charge in [0.05, 0.1) is 0 Å². The van der Waals surface area contributed by atoms with Gasteiger partial charge in [-0.1, -0.05) is 6.07 Å².